The lowest BCUT2D eigenvalue weighted by atomic mass is 9.90. The molecule has 1 rings (SSSR count). The fourth-order valence-electron chi connectivity index (χ4n) is 12.0. The second-order valence-corrected chi connectivity index (χ2v) is 28.6. The molecular formula is C68H124N12O14. The van der Waals surface area contributed by atoms with E-state index < -0.39 is 155 Å². The molecule has 13 atom stereocenters. The van der Waals surface area contributed by atoms with Crippen LogP contribution in [0.2, 0.25) is 0 Å². The van der Waals surface area contributed by atoms with Gasteiger partial charge in [-0.25, -0.2) is 0 Å². The standard InChI is InChI=1S/C68H124N12O14/c1-26-48-63(88)78(22)53(37-94-25)66(91)74(18)50(34-39(4)5)60(85)73-54(42(10)11)67(92)75(19)49(33-38(2)3)59(84)70-45(15)58(83)71-46(16)62(87)76(20)51(35-40(6)7)64(89)77(21)52(36-41(8)9)65(90)79(23)55(43(12)13)68(93)80(24)56(61(86)72-48)57(82)44(14)31-29-27-28-30-32-69-47(17)81/h38-46,48-57,82H,26-37H2,1-25H3,(H,69,81)(H,70,84)(H,71,83)(H,72,86)(H,73,85)/t44-,45+,46-,48+,49+,50+,51+,52+,53-,54+,55+,56+,57-/m1/s1. The van der Waals surface area contributed by atoms with Gasteiger partial charge in [0.2, 0.25) is 70.9 Å². The molecule has 0 bridgehead atoms. The number of ether oxygens (including phenoxy) is 1. The molecule has 0 unspecified atom stereocenters. The SMILES string of the molecule is CC[C@@H]1NC(=O)[C@H]([C@H](O)[C@H](C)CCCCCCNC(C)=O)N(C)C(=O)[C@H](C(C)C)N(C)C(=O)[C@H](CC(C)C)N(C)C(=O)[C@H](CC(C)C)N(C)C(=O)[C@@H](C)NC(=O)[C@H](C)NC(=O)[C@H](CC(C)C)N(C)C(=O)[C@H](C(C)C)NC(=O)[C@H](CC(C)C)N(C)C(=O)[C@@H](COC)N(C)C1=O. The van der Waals surface area contributed by atoms with E-state index in [4.69, 9.17) is 4.74 Å². The number of hydrogen-bond acceptors (Lipinski definition) is 14. The molecular weight excluding hydrogens is 1210 g/mol. The number of rotatable bonds is 22. The Kier molecular flexibility index (Phi) is 36.6. The van der Waals surface area contributed by atoms with E-state index in [0.29, 0.717) is 19.4 Å². The Morgan fingerprint density at radius 1 is 0.457 bits per heavy atom. The Morgan fingerprint density at radius 3 is 1.32 bits per heavy atom. The summed E-state index contributed by atoms with van der Waals surface area (Å²) in [5, 5.41) is 26.3. The second kappa shape index (κ2) is 40.2. The van der Waals surface area contributed by atoms with Crippen LogP contribution in [0.25, 0.3) is 0 Å². The van der Waals surface area contributed by atoms with E-state index in [9.17, 15) is 43.5 Å². The lowest BCUT2D eigenvalue weighted by Gasteiger charge is -2.41. The van der Waals surface area contributed by atoms with Crippen molar-refractivity contribution in [3.05, 3.63) is 0 Å². The van der Waals surface area contributed by atoms with Gasteiger partial charge in [0.1, 0.15) is 66.5 Å². The summed E-state index contributed by atoms with van der Waals surface area (Å²) in [6.45, 7) is 29.6. The number of carbonyl (C=O) groups is 12. The van der Waals surface area contributed by atoms with Crippen molar-refractivity contribution in [3.8, 4) is 0 Å². The van der Waals surface area contributed by atoms with Crippen LogP contribution < -0.4 is 26.6 Å². The Morgan fingerprint density at radius 2 is 0.862 bits per heavy atom. The van der Waals surface area contributed by atoms with E-state index in [1.54, 1.807) is 41.5 Å². The predicted octanol–water partition coefficient (Wildman–Crippen LogP) is 3.40. The maximum Gasteiger partial charge on any atom is 0.248 e. The minimum atomic E-state index is -1.66. The normalized spacial score (nSPS) is 26.1. The van der Waals surface area contributed by atoms with E-state index in [1.165, 1.54) is 102 Å². The largest absolute Gasteiger partial charge is 0.390 e. The van der Waals surface area contributed by atoms with Gasteiger partial charge < -0.3 is 70.7 Å². The molecule has 6 N–H and O–H groups in total. The van der Waals surface area contributed by atoms with E-state index >= 15 is 19.2 Å². The van der Waals surface area contributed by atoms with E-state index in [0.717, 1.165) is 29.1 Å². The highest BCUT2D eigenvalue weighted by molar-refractivity contribution is 6.00. The highest BCUT2D eigenvalue weighted by atomic mass is 16.5. The molecule has 1 heterocycles. The molecule has 0 saturated carbocycles. The van der Waals surface area contributed by atoms with Crippen LogP contribution in [0.1, 0.15) is 182 Å². The number of likely N-dealkylation sites (N-methyl/N-ethyl adjacent to an activating group) is 7. The first kappa shape index (κ1) is 85.6. The van der Waals surface area contributed by atoms with Crippen molar-refractivity contribution in [2.75, 3.05) is 69.6 Å². The number of methoxy groups -OCH3 is 1. The number of aliphatic hydroxyl groups is 1. The number of amides is 12. The van der Waals surface area contributed by atoms with Gasteiger partial charge in [0, 0.05) is 69.9 Å². The summed E-state index contributed by atoms with van der Waals surface area (Å²) in [6.07, 6.45) is 2.19. The van der Waals surface area contributed by atoms with Gasteiger partial charge in [0.25, 0.3) is 0 Å². The van der Waals surface area contributed by atoms with Crippen molar-refractivity contribution < 1.29 is 67.4 Å². The summed E-state index contributed by atoms with van der Waals surface area (Å²) in [7, 11) is 11.2. The molecule has 26 nitrogen and oxygen atoms in total. The molecule has 0 aromatic rings. The smallest absolute Gasteiger partial charge is 0.248 e. The molecule has 1 aliphatic heterocycles. The highest BCUT2D eigenvalue weighted by Gasteiger charge is 2.46. The molecule has 0 aliphatic carbocycles. The quantitative estimate of drug-likeness (QED) is 0.0847. The molecule has 94 heavy (non-hydrogen) atoms. The highest BCUT2D eigenvalue weighted by Crippen LogP contribution is 2.27. The fraction of sp³-hybridized carbons (Fsp3) is 0.824. The zero-order valence-electron chi connectivity index (χ0n) is 61.8. The van der Waals surface area contributed by atoms with Gasteiger partial charge in [-0.1, -0.05) is 116 Å². The second-order valence-electron chi connectivity index (χ2n) is 28.6. The van der Waals surface area contributed by atoms with Crippen molar-refractivity contribution in [2.24, 2.45) is 41.4 Å². The molecule has 0 aromatic carbocycles. The van der Waals surface area contributed by atoms with Gasteiger partial charge in [-0.15, -0.1) is 0 Å². The number of unbranched alkanes of at least 4 members (excludes halogenated alkanes) is 3. The minimum absolute atomic E-state index is 0.0331. The molecule has 1 saturated heterocycles. The van der Waals surface area contributed by atoms with Crippen molar-refractivity contribution in [3.63, 3.8) is 0 Å². The van der Waals surface area contributed by atoms with Crippen LogP contribution >= 0.6 is 0 Å². The Balaban J connectivity index is 4.44. The van der Waals surface area contributed by atoms with Gasteiger partial charge in [-0.3, -0.25) is 57.5 Å². The molecule has 26 heteroatoms. The predicted molar refractivity (Wildman–Crippen MR) is 362 cm³/mol. The summed E-state index contributed by atoms with van der Waals surface area (Å²) in [5.41, 5.74) is 0. The van der Waals surface area contributed by atoms with Crippen LogP contribution in [0.15, 0.2) is 0 Å². The average molecular weight is 1330 g/mol. The summed E-state index contributed by atoms with van der Waals surface area (Å²) in [4.78, 5) is 183. The lowest BCUT2D eigenvalue weighted by molar-refractivity contribution is -0.157. The topological polar surface area (TPSA) is 317 Å². The van der Waals surface area contributed by atoms with Crippen molar-refractivity contribution in [1.82, 2.24) is 60.9 Å². The molecule has 0 aromatic heterocycles. The van der Waals surface area contributed by atoms with Gasteiger partial charge >= 0.3 is 0 Å². The molecule has 0 spiro atoms. The third-order valence-corrected chi connectivity index (χ3v) is 17.9. The third kappa shape index (κ3) is 25.0. The summed E-state index contributed by atoms with van der Waals surface area (Å²) in [5.74, 6) is -10.4. The van der Waals surface area contributed by atoms with Crippen molar-refractivity contribution in [2.45, 2.75) is 254 Å². The molecule has 0 radical (unpaired) electrons. The maximum atomic E-state index is 15.4. The van der Waals surface area contributed by atoms with Crippen LogP contribution in [0, 0.1) is 41.4 Å². The van der Waals surface area contributed by atoms with Crippen LogP contribution in [0.5, 0.6) is 0 Å². The molecule has 540 valence electrons. The van der Waals surface area contributed by atoms with Gasteiger partial charge in [-0.2, -0.15) is 0 Å². The van der Waals surface area contributed by atoms with E-state index in [1.807, 2.05) is 55.4 Å². The minimum Gasteiger partial charge on any atom is -0.390 e. The van der Waals surface area contributed by atoms with Crippen molar-refractivity contribution in [1.29, 1.82) is 0 Å². The Labute approximate surface area is 562 Å². The summed E-state index contributed by atoms with van der Waals surface area (Å²) < 4.78 is 5.54. The first-order valence-corrected chi connectivity index (χ1v) is 34.0. The van der Waals surface area contributed by atoms with Crippen LogP contribution in [-0.2, 0) is 62.3 Å². The molecule has 1 fully saturated rings. The van der Waals surface area contributed by atoms with E-state index in [-0.39, 0.29) is 68.3 Å². The zero-order chi connectivity index (χ0) is 72.7. The third-order valence-electron chi connectivity index (χ3n) is 17.9. The van der Waals surface area contributed by atoms with Crippen LogP contribution in [0.3, 0.4) is 0 Å². The maximum absolute atomic E-state index is 15.4. The van der Waals surface area contributed by atoms with Gasteiger partial charge in [0.05, 0.1) is 12.7 Å². The fourth-order valence-corrected chi connectivity index (χ4v) is 12.0. The number of hydrogen-bond donors (Lipinski definition) is 6. The molecule has 12 amide bonds. The summed E-state index contributed by atoms with van der Waals surface area (Å²) in [6, 6.07) is -14.1. The lowest BCUT2D eigenvalue weighted by Crippen LogP contribution is -2.64. The average Bonchev–Trinajstić information content (AvgIpc) is 0.820. The van der Waals surface area contributed by atoms with Gasteiger partial charge in [-0.05, 0) is 100 Å². The number of aliphatic hydroxyl groups excluding tert-OH is 1. The van der Waals surface area contributed by atoms with Crippen LogP contribution in [0.4, 0.5) is 0 Å². The van der Waals surface area contributed by atoms with Gasteiger partial charge in [0.15, 0.2) is 0 Å². The van der Waals surface area contributed by atoms with E-state index in [2.05, 4.69) is 26.6 Å². The Hall–Kier alpha value is -6.44. The van der Waals surface area contributed by atoms with Crippen molar-refractivity contribution >= 4 is 70.9 Å². The first-order chi connectivity index (χ1) is 43.5. The monoisotopic (exact) mass is 1330 g/mol. The number of nitrogens with zero attached hydrogens (tertiary/aromatic N) is 7. The number of nitrogens with one attached hydrogen (secondary N) is 5. The zero-order valence-corrected chi connectivity index (χ0v) is 61.8. The number of carbonyl (C=O) groups excluding carboxylic acids is 12. The van der Waals surface area contributed by atoms with Crippen LogP contribution in [-0.4, -0.2) is 252 Å². The molecule has 1 aliphatic rings. The first-order valence-electron chi connectivity index (χ1n) is 34.0. The summed E-state index contributed by atoms with van der Waals surface area (Å²) >= 11 is 0. The Bertz CT molecular complexity index is 2530.